The number of amidine groups is 1. The molecule has 14 heteroatoms. The molecule has 3 aromatic carbocycles. The monoisotopic (exact) mass is 677 g/mol. The van der Waals surface area contributed by atoms with Gasteiger partial charge in [-0.2, -0.15) is 5.10 Å². The molecule has 0 bridgehead atoms. The topological polar surface area (TPSA) is 140 Å². The van der Waals surface area contributed by atoms with Crippen LogP contribution in [-0.2, 0) is 16.1 Å². The Kier molecular flexibility index (Phi) is 9.62. The predicted octanol–water partition coefficient (Wildman–Crippen LogP) is 6.61. The van der Waals surface area contributed by atoms with Gasteiger partial charge in [0.15, 0.2) is 11.8 Å². The zero-order chi connectivity index (χ0) is 31.1. The van der Waals surface area contributed by atoms with E-state index in [1.807, 2.05) is 0 Å². The molecule has 0 spiro atoms. The summed E-state index contributed by atoms with van der Waals surface area (Å²) in [5.74, 6) is -0.336. The smallest absolute Gasteiger partial charge is 0.269 e. The quantitative estimate of drug-likeness (QED) is 0.0862. The number of carbonyl (C=O) groups excluding carboxylic acids is 2. The van der Waals surface area contributed by atoms with Crippen LogP contribution in [0.1, 0.15) is 16.9 Å². The normalized spacial score (nSPS) is 15.0. The summed E-state index contributed by atoms with van der Waals surface area (Å²) >= 11 is 4.52. The van der Waals surface area contributed by atoms with Gasteiger partial charge in [-0.15, -0.1) is 5.10 Å². The van der Waals surface area contributed by atoms with E-state index in [9.17, 15) is 24.1 Å². The second-order valence-electron chi connectivity index (χ2n) is 9.08. The van der Waals surface area contributed by atoms with E-state index in [1.54, 1.807) is 36.4 Å². The SMILES string of the molecule is O=C(COc1ccc(Br)cc1/C=C1\S/C(=N/N=C\c2ccc([N+](=O)[O-])cc2)N(Cc2ccco2)C1=O)Nc1ccc(F)cc1. The van der Waals surface area contributed by atoms with E-state index in [0.29, 0.717) is 33.2 Å². The van der Waals surface area contributed by atoms with Crippen LogP contribution in [0.3, 0.4) is 0 Å². The lowest BCUT2D eigenvalue weighted by Crippen LogP contribution is -2.28. The maximum absolute atomic E-state index is 13.5. The number of benzene rings is 3. The number of hydrogen-bond donors (Lipinski definition) is 1. The molecule has 4 aromatic rings. The maximum Gasteiger partial charge on any atom is 0.269 e. The summed E-state index contributed by atoms with van der Waals surface area (Å²) in [6.45, 7) is -0.224. The highest BCUT2D eigenvalue weighted by molar-refractivity contribution is 9.10. The molecular weight excluding hydrogens is 657 g/mol. The molecule has 2 amide bonds. The lowest BCUT2D eigenvalue weighted by atomic mass is 10.2. The Labute approximate surface area is 262 Å². The average molecular weight is 678 g/mol. The van der Waals surface area contributed by atoms with Crippen LogP contribution in [0.15, 0.2) is 109 Å². The van der Waals surface area contributed by atoms with E-state index >= 15 is 0 Å². The number of rotatable bonds is 10. The van der Waals surface area contributed by atoms with Crippen LogP contribution in [0, 0.1) is 15.9 Å². The number of amides is 2. The van der Waals surface area contributed by atoms with Gasteiger partial charge in [-0.1, -0.05) is 15.9 Å². The molecule has 11 nitrogen and oxygen atoms in total. The zero-order valence-corrected chi connectivity index (χ0v) is 25.0. The van der Waals surface area contributed by atoms with Crippen LogP contribution in [0.25, 0.3) is 6.08 Å². The Hall–Kier alpha value is -5.08. The van der Waals surface area contributed by atoms with Crippen molar-refractivity contribution >= 4 is 68.3 Å². The van der Waals surface area contributed by atoms with Gasteiger partial charge in [0.05, 0.1) is 28.9 Å². The molecule has 5 rings (SSSR count). The van der Waals surface area contributed by atoms with Crippen molar-refractivity contribution in [1.82, 2.24) is 4.90 Å². The summed E-state index contributed by atoms with van der Waals surface area (Å²) in [6, 6.07) is 19.7. The predicted molar refractivity (Wildman–Crippen MR) is 168 cm³/mol. The lowest BCUT2D eigenvalue weighted by Gasteiger charge is -2.13. The van der Waals surface area contributed by atoms with Gasteiger partial charge in [0.2, 0.25) is 0 Å². The first-order chi connectivity index (χ1) is 21.2. The number of furan rings is 1. The van der Waals surface area contributed by atoms with Gasteiger partial charge in [-0.05, 0) is 90.1 Å². The molecule has 0 atom stereocenters. The third-order valence-electron chi connectivity index (χ3n) is 5.98. The van der Waals surface area contributed by atoms with Crippen molar-refractivity contribution in [3.63, 3.8) is 0 Å². The Bertz CT molecular complexity index is 1780. The average Bonchev–Trinajstić information content (AvgIpc) is 3.62. The number of nitro benzene ring substituents is 1. The van der Waals surface area contributed by atoms with Crippen LogP contribution >= 0.6 is 27.7 Å². The van der Waals surface area contributed by atoms with Gasteiger partial charge >= 0.3 is 0 Å². The molecule has 0 saturated carbocycles. The summed E-state index contributed by atoms with van der Waals surface area (Å²) in [4.78, 5) is 38.1. The molecule has 0 radical (unpaired) electrons. The van der Waals surface area contributed by atoms with Gasteiger partial charge in [-0.25, -0.2) is 4.39 Å². The van der Waals surface area contributed by atoms with E-state index in [2.05, 4.69) is 31.4 Å². The molecular formula is C30H21BrFN5O6S. The first kappa shape index (κ1) is 30.4. The second kappa shape index (κ2) is 13.9. The lowest BCUT2D eigenvalue weighted by molar-refractivity contribution is -0.384. The third kappa shape index (κ3) is 7.85. The minimum atomic E-state index is -0.493. The fourth-order valence-corrected chi connectivity index (χ4v) is 5.19. The van der Waals surface area contributed by atoms with Crippen molar-refractivity contribution in [2.75, 3.05) is 11.9 Å². The van der Waals surface area contributed by atoms with Crippen LogP contribution in [0.5, 0.6) is 5.75 Å². The highest BCUT2D eigenvalue weighted by Gasteiger charge is 2.34. The number of halogens is 2. The summed E-state index contributed by atoms with van der Waals surface area (Å²) in [5.41, 5.74) is 1.49. The molecule has 1 aromatic heterocycles. The van der Waals surface area contributed by atoms with Crippen LogP contribution < -0.4 is 10.1 Å². The molecule has 44 heavy (non-hydrogen) atoms. The highest BCUT2D eigenvalue weighted by atomic mass is 79.9. The fraction of sp³-hybridized carbons (Fsp3) is 0.0667. The molecule has 2 heterocycles. The van der Waals surface area contributed by atoms with Gasteiger partial charge in [0.25, 0.3) is 17.5 Å². The molecule has 1 saturated heterocycles. The van der Waals surface area contributed by atoms with Crippen LogP contribution in [0.4, 0.5) is 15.8 Å². The number of thioether (sulfide) groups is 1. The van der Waals surface area contributed by atoms with Crippen LogP contribution in [0.2, 0.25) is 0 Å². The summed E-state index contributed by atoms with van der Waals surface area (Å²) < 4.78 is 25.1. The Balaban J connectivity index is 1.36. The number of nitro groups is 1. The van der Waals surface area contributed by atoms with E-state index in [-0.39, 0.29) is 29.9 Å². The van der Waals surface area contributed by atoms with Gasteiger partial charge < -0.3 is 14.5 Å². The number of nitrogens with zero attached hydrogens (tertiary/aromatic N) is 4. The Morgan fingerprint density at radius 3 is 2.61 bits per heavy atom. The molecule has 222 valence electrons. The van der Waals surface area contributed by atoms with Crippen LogP contribution in [-0.4, -0.2) is 39.6 Å². The molecule has 1 aliphatic rings. The van der Waals surface area contributed by atoms with Crippen molar-refractivity contribution in [2.24, 2.45) is 10.2 Å². The van der Waals surface area contributed by atoms with Gasteiger partial charge in [0, 0.05) is 27.9 Å². The number of carbonyl (C=O) groups is 2. The van der Waals surface area contributed by atoms with Gasteiger partial charge in [0.1, 0.15) is 17.3 Å². The third-order valence-corrected chi connectivity index (χ3v) is 7.47. The summed E-state index contributed by atoms with van der Waals surface area (Å²) in [6.07, 6.45) is 4.55. The van der Waals surface area contributed by atoms with Crippen molar-refractivity contribution in [1.29, 1.82) is 0 Å². The zero-order valence-electron chi connectivity index (χ0n) is 22.6. The highest BCUT2D eigenvalue weighted by Crippen LogP contribution is 2.36. The molecule has 1 fully saturated rings. The van der Waals surface area contributed by atoms with E-state index < -0.39 is 16.6 Å². The number of anilines is 1. The van der Waals surface area contributed by atoms with Crippen molar-refractivity contribution in [2.45, 2.75) is 6.54 Å². The summed E-state index contributed by atoms with van der Waals surface area (Å²) in [5, 5.41) is 22.2. The molecule has 1 N–H and O–H groups in total. The first-order valence-corrected chi connectivity index (χ1v) is 14.4. The van der Waals surface area contributed by atoms with E-state index in [0.717, 1.165) is 16.2 Å². The molecule has 0 aliphatic carbocycles. The largest absolute Gasteiger partial charge is 0.483 e. The fourth-order valence-electron chi connectivity index (χ4n) is 3.89. The number of ether oxygens (including phenoxy) is 1. The van der Waals surface area contributed by atoms with Gasteiger partial charge in [-0.3, -0.25) is 24.6 Å². The maximum atomic E-state index is 13.5. The minimum absolute atomic E-state index is 0.0470. The van der Waals surface area contributed by atoms with Crippen molar-refractivity contribution in [3.8, 4) is 5.75 Å². The van der Waals surface area contributed by atoms with Crippen molar-refractivity contribution < 1.29 is 28.1 Å². The number of hydrogen-bond acceptors (Lipinski definition) is 9. The Morgan fingerprint density at radius 1 is 1.14 bits per heavy atom. The summed E-state index contributed by atoms with van der Waals surface area (Å²) in [7, 11) is 0. The Morgan fingerprint density at radius 2 is 1.91 bits per heavy atom. The number of non-ortho nitro benzene ring substituents is 1. The second-order valence-corrected chi connectivity index (χ2v) is 11.0. The molecule has 0 unspecified atom stereocenters. The van der Waals surface area contributed by atoms with E-state index in [1.165, 1.54) is 65.9 Å². The van der Waals surface area contributed by atoms with Crippen molar-refractivity contribution in [3.05, 3.63) is 127 Å². The molecule has 1 aliphatic heterocycles. The van der Waals surface area contributed by atoms with E-state index in [4.69, 9.17) is 9.15 Å². The number of nitrogens with one attached hydrogen (secondary N) is 1. The first-order valence-electron chi connectivity index (χ1n) is 12.8. The minimum Gasteiger partial charge on any atom is -0.483 e. The standard InChI is InChI=1S/C30H21BrFN5O6S/c31-21-5-12-26(43-18-28(38)34-23-8-6-22(32)7-9-23)20(14-21)15-27-29(39)36(17-25-2-1-13-42-25)30(44-27)35-33-16-19-3-10-24(11-4-19)37(40)41/h1-16H,17-18H2,(H,34,38)/b27-15-,33-16-,35-30+.